The Morgan fingerprint density at radius 2 is 1.53 bits per heavy atom. The van der Waals surface area contributed by atoms with E-state index in [-0.39, 0.29) is 23.1 Å². The van der Waals surface area contributed by atoms with E-state index >= 15 is 0 Å². The predicted octanol–water partition coefficient (Wildman–Crippen LogP) is 2.71. The zero-order valence-electron chi connectivity index (χ0n) is 21.8. The number of quaternary nitrogens is 1. The maximum Gasteiger partial charge on any atom is 0.236 e. The van der Waals surface area contributed by atoms with Gasteiger partial charge in [-0.1, -0.05) is 79.7 Å². The monoisotopic (exact) mass is 574 g/mol. The van der Waals surface area contributed by atoms with Crippen LogP contribution < -0.4 is 21.7 Å². The van der Waals surface area contributed by atoms with Crippen LogP contribution in [0.4, 0.5) is 0 Å². The van der Waals surface area contributed by atoms with Crippen LogP contribution in [0.3, 0.4) is 0 Å². The van der Waals surface area contributed by atoms with Crippen molar-refractivity contribution in [3.63, 3.8) is 0 Å². The molecule has 6 heteroatoms. The third-order valence-electron chi connectivity index (χ3n) is 8.40. The van der Waals surface area contributed by atoms with Crippen LogP contribution in [0.1, 0.15) is 48.1 Å². The fraction of sp³-hybridized carbons (Fsp3) is 0.344. The van der Waals surface area contributed by atoms with Crippen LogP contribution in [-0.2, 0) is 18.6 Å². The molecule has 2 bridgehead atoms. The minimum Gasteiger partial charge on any atom is -1.00 e. The number of fused-ring (bicyclic) bond motifs is 3. The maximum atomic E-state index is 12.0. The van der Waals surface area contributed by atoms with Crippen LogP contribution in [0, 0.1) is 5.92 Å². The topological polar surface area (TPSA) is 55.5 Å². The lowest BCUT2D eigenvalue weighted by molar-refractivity contribution is -0.958. The van der Waals surface area contributed by atoms with Crippen molar-refractivity contribution >= 4 is 0 Å². The van der Waals surface area contributed by atoms with Gasteiger partial charge in [-0.05, 0) is 35.2 Å². The van der Waals surface area contributed by atoms with Crippen molar-refractivity contribution in [2.75, 3.05) is 19.6 Å². The van der Waals surface area contributed by atoms with Crippen molar-refractivity contribution in [2.24, 2.45) is 5.92 Å². The molecule has 3 saturated heterocycles. The first kappa shape index (κ1) is 26.7. The number of rotatable bonds is 8. The van der Waals surface area contributed by atoms with Gasteiger partial charge in [-0.2, -0.15) is 0 Å². The fourth-order valence-corrected chi connectivity index (χ4v) is 6.21. The lowest BCUT2D eigenvalue weighted by atomic mass is 9.83. The molecule has 198 valence electrons. The minimum atomic E-state index is -1.45. The average Bonchev–Trinajstić information content (AvgIpc) is 3.43. The molecule has 3 aromatic carbocycles. The molecule has 0 spiro atoms. The number of halogens is 1. The van der Waals surface area contributed by atoms with E-state index in [9.17, 15) is 5.11 Å². The second-order valence-electron chi connectivity index (χ2n) is 10.7. The SMILES string of the molecule is CCc1ccc(O[C@H]2C[N+]3(Cc4cnc(C(O)(c5ccccc5)c5ccccc5)o4)CCC2CC3)cc1.[Br-]. The van der Waals surface area contributed by atoms with Crippen LogP contribution >= 0.6 is 0 Å². The molecule has 38 heavy (non-hydrogen) atoms. The molecular formula is C32H35BrN2O3. The Labute approximate surface area is 235 Å². The summed E-state index contributed by atoms with van der Waals surface area (Å²) < 4.78 is 13.8. The smallest absolute Gasteiger partial charge is 0.236 e. The zero-order valence-corrected chi connectivity index (χ0v) is 23.4. The number of aliphatic hydroxyl groups is 1. The van der Waals surface area contributed by atoms with Gasteiger partial charge < -0.3 is 35.7 Å². The second-order valence-corrected chi connectivity index (χ2v) is 10.7. The predicted molar refractivity (Wildman–Crippen MR) is 143 cm³/mol. The number of ether oxygens (including phenoxy) is 1. The van der Waals surface area contributed by atoms with Crippen LogP contribution in [0.15, 0.2) is 95.5 Å². The molecule has 1 aromatic heterocycles. The van der Waals surface area contributed by atoms with Crippen molar-refractivity contribution in [1.82, 2.24) is 4.98 Å². The highest BCUT2D eigenvalue weighted by atomic mass is 79.9. The molecule has 0 unspecified atom stereocenters. The summed E-state index contributed by atoms with van der Waals surface area (Å²) >= 11 is 0. The maximum absolute atomic E-state index is 12.0. The summed E-state index contributed by atoms with van der Waals surface area (Å²) in [6, 6.07) is 27.8. The molecule has 3 aliphatic rings. The van der Waals surface area contributed by atoms with Gasteiger partial charge in [0.2, 0.25) is 5.89 Å². The standard InChI is InChI=1S/C32H35N2O3.BrH/c1-2-24-13-15-28(16-14-24)36-30-23-34(19-17-25(30)18-20-34)22-29-21-33-31(37-29)32(35,26-9-5-3-6-10-26)27-11-7-4-8-12-27;/h3-16,21,25,30,35H,2,17-20,22-23H2,1H3;1H/q+1;/p-1/t25?,30-,34?;/m0./s1. The highest BCUT2D eigenvalue weighted by Crippen LogP contribution is 2.39. The first-order chi connectivity index (χ1) is 18.1. The molecule has 5 nitrogen and oxygen atoms in total. The van der Waals surface area contributed by atoms with Gasteiger partial charge in [0.25, 0.3) is 0 Å². The number of hydrogen-bond donors (Lipinski definition) is 1. The third kappa shape index (κ3) is 5.05. The van der Waals surface area contributed by atoms with Gasteiger partial charge >= 0.3 is 0 Å². The van der Waals surface area contributed by atoms with E-state index in [2.05, 4.69) is 36.2 Å². The van der Waals surface area contributed by atoms with Gasteiger partial charge in [0, 0.05) is 18.8 Å². The van der Waals surface area contributed by atoms with Crippen molar-refractivity contribution in [1.29, 1.82) is 0 Å². The zero-order chi connectivity index (χ0) is 25.3. The Hall–Kier alpha value is -2.93. The summed E-state index contributed by atoms with van der Waals surface area (Å²) in [5.41, 5.74) is 1.36. The molecule has 1 N–H and O–H groups in total. The van der Waals surface area contributed by atoms with Crippen molar-refractivity contribution in [3.05, 3.63) is 119 Å². The summed E-state index contributed by atoms with van der Waals surface area (Å²) in [6.45, 7) is 6.15. The largest absolute Gasteiger partial charge is 1.00 e. The molecule has 3 fully saturated rings. The molecule has 1 atom stereocenters. The van der Waals surface area contributed by atoms with Crippen LogP contribution in [0.5, 0.6) is 5.75 Å². The first-order valence-corrected chi connectivity index (χ1v) is 13.5. The Morgan fingerprint density at radius 3 is 2.11 bits per heavy atom. The van der Waals surface area contributed by atoms with Crippen molar-refractivity contribution in [3.8, 4) is 5.75 Å². The number of oxazole rings is 1. The van der Waals surface area contributed by atoms with E-state index in [0.29, 0.717) is 11.8 Å². The number of benzene rings is 3. The van der Waals surface area contributed by atoms with Gasteiger partial charge in [0.05, 0.1) is 19.3 Å². The summed E-state index contributed by atoms with van der Waals surface area (Å²) in [4.78, 5) is 4.63. The number of hydrogen-bond acceptors (Lipinski definition) is 4. The quantitative estimate of drug-likeness (QED) is 0.329. The molecule has 0 aliphatic carbocycles. The Kier molecular flexibility index (Phi) is 7.75. The minimum absolute atomic E-state index is 0. The highest BCUT2D eigenvalue weighted by Gasteiger charge is 2.48. The van der Waals surface area contributed by atoms with Crippen LogP contribution in [0.2, 0.25) is 0 Å². The van der Waals surface area contributed by atoms with E-state index in [1.54, 1.807) is 6.20 Å². The summed E-state index contributed by atoms with van der Waals surface area (Å²) in [5, 5.41) is 12.0. The Balaban J connectivity index is 0.00000294. The van der Waals surface area contributed by atoms with Crippen molar-refractivity contribution < 1.29 is 35.7 Å². The van der Waals surface area contributed by atoms with Gasteiger partial charge in [-0.3, -0.25) is 0 Å². The van der Waals surface area contributed by atoms with Crippen LogP contribution in [-0.4, -0.2) is 40.3 Å². The molecular weight excluding hydrogens is 540 g/mol. The third-order valence-corrected chi connectivity index (χ3v) is 8.40. The summed E-state index contributed by atoms with van der Waals surface area (Å²) in [5.74, 6) is 2.70. The molecule has 0 saturated carbocycles. The molecule has 4 aromatic rings. The normalized spacial score (nSPS) is 22.6. The van der Waals surface area contributed by atoms with Gasteiger partial charge in [0.15, 0.2) is 17.5 Å². The van der Waals surface area contributed by atoms with E-state index in [1.165, 1.54) is 5.56 Å². The number of piperidine rings is 3. The van der Waals surface area contributed by atoms with E-state index in [1.807, 2.05) is 60.7 Å². The molecule has 0 radical (unpaired) electrons. The molecule has 3 aliphatic heterocycles. The molecule has 4 heterocycles. The lowest BCUT2D eigenvalue weighted by Crippen LogP contribution is -3.00. The second kappa shape index (κ2) is 11.0. The van der Waals surface area contributed by atoms with Gasteiger partial charge in [-0.15, -0.1) is 0 Å². The highest BCUT2D eigenvalue weighted by molar-refractivity contribution is 5.41. The van der Waals surface area contributed by atoms with Crippen LogP contribution in [0.25, 0.3) is 0 Å². The Bertz CT molecular complexity index is 1280. The molecule has 0 amide bonds. The van der Waals surface area contributed by atoms with E-state index < -0.39 is 5.60 Å². The summed E-state index contributed by atoms with van der Waals surface area (Å²) in [6.07, 6.45) is 5.38. The first-order valence-electron chi connectivity index (χ1n) is 13.5. The van der Waals surface area contributed by atoms with Gasteiger partial charge in [-0.25, -0.2) is 4.98 Å². The average molecular weight is 576 g/mol. The lowest BCUT2D eigenvalue weighted by Gasteiger charge is -2.51. The van der Waals surface area contributed by atoms with Gasteiger partial charge in [0.1, 0.15) is 18.8 Å². The number of nitrogens with zero attached hydrogens (tertiary/aromatic N) is 2. The van der Waals surface area contributed by atoms with E-state index in [0.717, 1.165) is 72.6 Å². The number of aromatic nitrogens is 1. The van der Waals surface area contributed by atoms with Crippen molar-refractivity contribution in [2.45, 2.75) is 44.4 Å². The molecule has 7 rings (SSSR count). The number of aryl methyl sites for hydroxylation is 1. The fourth-order valence-electron chi connectivity index (χ4n) is 6.21. The Morgan fingerprint density at radius 1 is 0.921 bits per heavy atom. The summed E-state index contributed by atoms with van der Waals surface area (Å²) in [7, 11) is 0. The van der Waals surface area contributed by atoms with E-state index in [4.69, 9.17) is 9.15 Å².